The Morgan fingerprint density at radius 3 is 2.29 bits per heavy atom. The number of hydrogen-bond acceptors (Lipinski definition) is 2. The van der Waals surface area contributed by atoms with Crippen LogP contribution in [0.1, 0.15) is 13.8 Å². The topological polar surface area (TPSA) is 46.5 Å². The molecular weight excluding hydrogens is 201 g/mol. The summed E-state index contributed by atoms with van der Waals surface area (Å²) < 4.78 is 39.8. The van der Waals surface area contributed by atoms with Crippen LogP contribution in [-0.2, 0) is 9.53 Å². The Balaban J connectivity index is 2.46. The minimum Gasteiger partial charge on any atom is -0.481 e. The molecule has 0 amide bonds. The van der Waals surface area contributed by atoms with Crippen LogP contribution in [0.3, 0.4) is 0 Å². The summed E-state index contributed by atoms with van der Waals surface area (Å²) >= 11 is 0. The number of hydrogen-bond donors (Lipinski definition) is 1. The molecule has 6 heteroatoms. The molecule has 0 radical (unpaired) electrons. The average molecular weight is 212 g/mol. The van der Waals surface area contributed by atoms with Crippen LogP contribution in [0.5, 0.6) is 0 Å². The molecule has 1 rings (SSSR count). The van der Waals surface area contributed by atoms with Gasteiger partial charge in [-0.2, -0.15) is 13.2 Å². The number of halogens is 3. The van der Waals surface area contributed by atoms with Crippen molar-refractivity contribution in [2.45, 2.75) is 26.1 Å². The summed E-state index contributed by atoms with van der Waals surface area (Å²) in [6.07, 6.45) is -5.23. The Kier molecular flexibility index (Phi) is 2.51. The monoisotopic (exact) mass is 212 g/mol. The maximum absolute atomic E-state index is 11.8. The molecule has 1 aliphatic rings. The van der Waals surface area contributed by atoms with Crippen LogP contribution in [0.2, 0.25) is 0 Å². The van der Waals surface area contributed by atoms with Crippen molar-refractivity contribution < 1.29 is 27.8 Å². The van der Waals surface area contributed by atoms with E-state index in [0.717, 1.165) is 0 Å². The van der Waals surface area contributed by atoms with Gasteiger partial charge in [0.1, 0.15) is 6.61 Å². The van der Waals surface area contributed by atoms with E-state index in [0.29, 0.717) is 0 Å². The van der Waals surface area contributed by atoms with Crippen molar-refractivity contribution in [3.63, 3.8) is 0 Å². The lowest BCUT2D eigenvalue weighted by atomic mass is 10.1. The lowest BCUT2D eigenvalue weighted by molar-refractivity contribution is -0.180. The Morgan fingerprint density at radius 1 is 1.50 bits per heavy atom. The van der Waals surface area contributed by atoms with E-state index >= 15 is 0 Å². The second-order valence-corrected chi connectivity index (χ2v) is 3.98. The molecule has 1 fully saturated rings. The SMILES string of the molecule is CC1(C)C(OCC(F)(F)F)C1C(=O)O. The fourth-order valence-electron chi connectivity index (χ4n) is 1.53. The van der Waals surface area contributed by atoms with E-state index in [4.69, 9.17) is 5.11 Å². The van der Waals surface area contributed by atoms with E-state index in [1.54, 1.807) is 13.8 Å². The molecule has 1 aliphatic carbocycles. The van der Waals surface area contributed by atoms with Crippen LogP contribution in [0.25, 0.3) is 0 Å². The zero-order valence-electron chi connectivity index (χ0n) is 7.76. The maximum atomic E-state index is 11.8. The lowest BCUT2D eigenvalue weighted by Gasteiger charge is -2.07. The van der Waals surface area contributed by atoms with Crippen molar-refractivity contribution in [2.24, 2.45) is 11.3 Å². The van der Waals surface area contributed by atoms with Crippen molar-refractivity contribution in [3.05, 3.63) is 0 Å². The summed E-state index contributed by atoms with van der Waals surface area (Å²) in [4.78, 5) is 10.6. The van der Waals surface area contributed by atoms with E-state index in [2.05, 4.69) is 4.74 Å². The normalized spacial score (nSPS) is 30.1. The Hall–Kier alpha value is -0.780. The van der Waals surface area contributed by atoms with Gasteiger partial charge in [-0.25, -0.2) is 0 Å². The van der Waals surface area contributed by atoms with Gasteiger partial charge < -0.3 is 9.84 Å². The van der Waals surface area contributed by atoms with E-state index in [-0.39, 0.29) is 0 Å². The van der Waals surface area contributed by atoms with Gasteiger partial charge in [0, 0.05) is 5.41 Å². The van der Waals surface area contributed by atoms with Gasteiger partial charge in [0.15, 0.2) is 0 Å². The summed E-state index contributed by atoms with van der Waals surface area (Å²) in [5.74, 6) is -1.94. The van der Waals surface area contributed by atoms with Gasteiger partial charge in [-0.3, -0.25) is 4.79 Å². The molecule has 0 aromatic rings. The molecule has 0 spiro atoms. The predicted molar refractivity (Wildman–Crippen MR) is 40.7 cm³/mol. The Labute approximate surface area is 78.9 Å². The first-order valence-corrected chi connectivity index (χ1v) is 4.07. The van der Waals surface area contributed by atoms with Crippen LogP contribution in [-0.4, -0.2) is 30.0 Å². The molecule has 0 aliphatic heterocycles. The highest BCUT2D eigenvalue weighted by Crippen LogP contribution is 2.54. The van der Waals surface area contributed by atoms with E-state index in [1.165, 1.54) is 0 Å². The molecule has 0 aromatic carbocycles. The molecule has 14 heavy (non-hydrogen) atoms. The molecular formula is C8H11F3O3. The third kappa shape index (κ3) is 2.17. The number of alkyl halides is 3. The maximum Gasteiger partial charge on any atom is 0.411 e. The van der Waals surface area contributed by atoms with Crippen LogP contribution < -0.4 is 0 Å². The summed E-state index contributed by atoms with van der Waals surface area (Å²) in [5, 5.41) is 8.63. The number of carboxylic acids is 1. The third-order valence-corrected chi connectivity index (χ3v) is 2.42. The molecule has 1 saturated carbocycles. The molecule has 3 nitrogen and oxygen atoms in total. The number of ether oxygens (including phenoxy) is 1. The molecule has 0 aromatic heterocycles. The van der Waals surface area contributed by atoms with Crippen molar-refractivity contribution >= 4 is 5.97 Å². The Morgan fingerprint density at radius 2 is 2.00 bits per heavy atom. The summed E-state index contributed by atoms with van der Waals surface area (Å²) in [5.41, 5.74) is -0.697. The second-order valence-electron chi connectivity index (χ2n) is 3.98. The molecule has 0 saturated heterocycles. The van der Waals surface area contributed by atoms with Gasteiger partial charge in [0.25, 0.3) is 0 Å². The first kappa shape index (κ1) is 11.3. The highest BCUT2D eigenvalue weighted by Gasteiger charge is 2.64. The van der Waals surface area contributed by atoms with Gasteiger partial charge >= 0.3 is 12.1 Å². The van der Waals surface area contributed by atoms with Crippen molar-refractivity contribution in [3.8, 4) is 0 Å². The van der Waals surface area contributed by atoms with Gasteiger partial charge in [-0.15, -0.1) is 0 Å². The standard InChI is InChI=1S/C8H11F3O3/c1-7(2)4(6(12)13)5(7)14-3-8(9,10)11/h4-5H,3H2,1-2H3,(H,12,13). The largest absolute Gasteiger partial charge is 0.481 e. The van der Waals surface area contributed by atoms with Crippen molar-refractivity contribution in [1.82, 2.24) is 0 Å². The molecule has 1 N–H and O–H groups in total. The van der Waals surface area contributed by atoms with Gasteiger partial charge in [0.2, 0.25) is 0 Å². The highest BCUT2D eigenvalue weighted by molar-refractivity contribution is 5.76. The summed E-state index contributed by atoms with van der Waals surface area (Å²) in [7, 11) is 0. The van der Waals surface area contributed by atoms with Gasteiger partial charge in [0.05, 0.1) is 12.0 Å². The summed E-state index contributed by atoms with van der Waals surface area (Å²) in [6.45, 7) is 1.77. The zero-order valence-corrected chi connectivity index (χ0v) is 7.76. The predicted octanol–water partition coefficient (Wildman–Crippen LogP) is 1.67. The van der Waals surface area contributed by atoms with Gasteiger partial charge in [-0.1, -0.05) is 13.8 Å². The third-order valence-electron chi connectivity index (χ3n) is 2.42. The van der Waals surface area contributed by atoms with Crippen LogP contribution in [0.15, 0.2) is 0 Å². The number of rotatable bonds is 3. The summed E-state index contributed by atoms with van der Waals surface area (Å²) in [6, 6.07) is 0. The zero-order chi connectivity index (χ0) is 11.1. The van der Waals surface area contributed by atoms with E-state index < -0.39 is 36.2 Å². The van der Waals surface area contributed by atoms with Gasteiger partial charge in [-0.05, 0) is 0 Å². The second kappa shape index (κ2) is 3.12. The van der Waals surface area contributed by atoms with Crippen molar-refractivity contribution in [1.29, 1.82) is 0 Å². The minimum atomic E-state index is -4.40. The fraction of sp³-hybridized carbons (Fsp3) is 0.875. The molecule has 2 atom stereocenters. The van der Waals surface area contributed by atoms with Crippen molar-refractivity contribution in [2.75, 3.05) is 6.61 Å². The lowest BCUT2D eigenvalue weighted by Crippen LogP contribution is -2.19. The smallest absolute Gasteiger partial charge is 0.411 e. The van der Waals surface area contributed by atoms with E-state index in [9.17, 15) is 18.0 Å². The average Bonchev–Trinajstić information content (AvgIpc) is 2.47. The molecule has 0 bridgehead atoms. The Bertz CT molecular complexity index is 247. The first-order valence-electron chi connectivity index (χ1n) is 4.07. The van der Waals surface area contributed by atoms with E-state index in [1.807, 2.05) is 0 Å². The number of aliphatic carboxylic acids is 1. The quantitative estimate of drug-likeness (QED) is 0.774. The molecule has 2 unspecified atom stereocenters. The minimum absolute atomic E-state index is 0.697. The van der Waals surface area contributed by atoms with Crippen LogP contribution in [0, 0.1) is 11.3 Å². The molecule has 0 heterocycles. The number of carbonyl (C=O) groups is 1. The van der Waals surface area contributed by atoms with Crippen LogP contribution >= 0.6 is 0 Å². The molecule has 82 valence electrons. The fourth-order valence-corrected chi connectivity index (χ4v) is 1.53. The van der Waals surface area contributed by atoms with Crippen LogP contribution in [0.4, 0.5) is 13.2 Å². The highest BCUT2D eigenvalue weighted by atomic mass is 19.4. The first-order chi connectivity index (χ1) is 6.16. The number of carboxylic acid groups (broad SMARTS) is 1.